The van der Waals surface area contributed by atoms with E-state index in [0.717, 1.165) is 5.76 Å². The third-order valence-electron chi connectivity index (χ3n) is 2.13. The molecule has 0 aliphatic rings. The minimum absolute atomic E-state index is 0.00940. The number of rotatable bonds is 1. The van der Waals surface area contributed by atoms with Crippen LogP contribution in [0.4, 0.5) is 5.69 Å². The van der Waals surface area contributed by atoms with Gasteiger partial charge in [-0.25, -0.2) is 0 Å². The molecule has 1 aromatic heterocycles. The van der Waals surface area contributed by atoms with Crippen LogP contribution in [0, 0.1) is 6.92 Å². The summed E-state index contributed by atoms with van der Waals surface area (Å²) in [6.07, 6.45) is 0. The maximum atomic E-state index is 9.49. The monoisotopic (exact) mass is 193 g/mol. The molecule has 2 rings (SSSR count). The van der Waals surface area contributed by atoms with Crippen molar-refractivity contribution in [1.29, 1.82) is 0 Å². The first-order chi connectivity index (χ1) is 6.63. The predicted molar refractivity (Wildman–Crippen MR) is 53.6 cm³/mol. The smallest absolute Gasteiger partial charge is 0.178 e. The van der Waals surface area contributed by atoms with E-state index in [2.05, 4.69) is 0 Å². The molecule has 0 saturated heterocycles. The summed E-state index contributed by atoms with van der Waals surface area (Å²) < 4.78 is 10.5. The van der Waals surface area contributed by atoms with E-state index in [1.54, 1.807) is 6.07 Å². The molecule has 14 heavy (non-hydrogen) atoms. The van der Waals surface area contributed by atoms with Crippen LogP contribution < -0.4 is 10.5 Å². The van der Waals surface area contributed by atoms with E-state index in [9.17, 15) is 5.11 Å². The van der Waals surface area contributed by atoms with E-state index in [-0.39, 0.29) is 5.75 Å². The number of aromatic hydroxyl groups is 1. The Labute approximate surface area is 80.9 Å². The highest BCUT2D eigenvalue weighted by molar-refractivity contribution is 5.96. The zero-order valence-electron chi connectivity index (χ0n) is 8.00. The molecule has 0 saturated carbocycles. The molecular formula is C10H11NO3. The number of benzene rings is 1. The SMILES string of the molecule is COc1cc(O)c(N)c2cc(C)oc12. The second-order valence-electron chi connectivity index (χ2n) is 3.11. The van der Waals surface area contributed by atoms with Gasteiger partial charge in [0.05, 0.1) is 18.2 Å². The van der Waals surface area contributed by atoms with Crippen LogP contribution in [0.2, 0.25) is 0 Å². The Morgan fingerprint density at radius 2 is 2.14 bits per heavy atom. The molecule has 0 atom stereocenters. The van der Waals surface area contributed by atoms with Crippen LogP contribution >= 0.6 is 0 Å². The number of phenolic OH excluding ortho intramolecular Hbond substituents is 1. The van der Waals surface area contributed by atoms with Crippen molar-refractivity contribution >= 4 is 16.7 Å². The average Bonchev–Trinajstić information content (AvgIpc) is 2.54. The van der Waals surface area contributed by atoms with E-state index in [1.807, 2.05) is 6.92 Å². The molecule has 1 aromatic carbocycles. The fourth-order valence-corrected chi connectivity index (χ4v) is 1.45. The van der Waals surface area contributed by atoms with Crippen molar-refractivity contribution in [1.82, 2.24) is 0 Å². The van der Waals surface area contributed by atoms with Crippen LogP contribution in [0.1, 0.15) is 5.76 Å². The summed E-state index contributed by atoms with van der Waals surface area (Å²) >= 11 is 0. The minimum atomic E-state index is 0.00940. The molecule has 4 nitrogen and oxygen atoms in total. The Hall–Kier alpha value is -1.84. The first-order valence-corrected chi connectivity index (χ1v) is 4.19. The van der Waals surface area contributed by atoms with Gasteiger partial charge in [-0.2, -0.15) is 0 Å². The Balaban J connectivity index is 2.88. The Kier molecular flexibility index (Phi) is 1.77. The normalized spacial score (nSPS) is 10.7. The number of methoxy groups -OCH3 is 1. The van der Waals surface area contributed by atoms with Gasteiger partial charge in [0, 0.05) is 6.07 Å². The Morgan fingerprint density at radius 1 is 1.43 bits per heavy atom. The molecule has 0 unspecified atom stereocenters. The van der Waals surface area contributed by atoms with Gasteiger partial charge in [0.2, 0.25) is 0 Å². The summed E-state index contributed by atoms with van der Waals surface area (Å²) in [5.41, 5.74) is 6.58. The van der Waals surface area contributed by atoms with Gasteiger partial charge < -0.3 is 20.0 Å². The number of ether oxygens (including phenoxy) is 1. The quantitative estimate of drug-likeness (QED) is 0.537. The van der Waals surface area contributed by atoms with Crippen molar-refractivity contribution in [3.8, 4) is 11.5 Å². The lowest BCUT2D eigenvalue weighted by molar-refractivity contribution is 0.403. The van der Waals surface area contributed by atoms with Crippen molar-refractivity contribution in [2.24, 2.45) is 0 Å². The van der Waals surface area contributed by atoms with Gasteiger partial charge in [0.15, 0.2) is 11.3 Å². The number of nitrogens with two attached hydrogens (primary N) is 1. The van der Waals surface area contributed by atoms with Gasteiger partial charge in [-0.05, 0) is 13.0 Å². The first-order valence-electron chi connectivity index (χ1n) is 4.19. The molecule has 0 aliphatic heterocycles. The number of anilines is 1. The zero-order chi connectivity index (χ0) is 10.3. The van der Waals surface area contributed by atoms with E-state index in [1.165, 1.54) is 13.2 Å². The maximum absolute atomic E-state index is 9.49. The van der Waals surface area contributed by atoms with Gasteiger partial charge in [-0.3, -0.25) is 0 Å². The number of hydrogen-bond donors (Lipinski definition) is 2. The van der Waals surface area contributed by atoms with Crippen molar-refractivity contribution in [2.75, 3.05) is 12.8 Å². The van der Waals surface area contributed by atoms with Crippen LogP contribution in [0.15, 0.2) is 16.5 Å². The van der Waals surface area contributed by atoms with Crippen molar-refractivity contribution in [3.05, 3.63) is 17.9 Å². The van der Waals surface area contributed by atoms with Crippen LogP contribution in [0.3, 0.4) is 0 Å². The standard InChI is InChI=1S/C10H11NO3/c1-5-3-6-9(11)7(12)4-8(13-2)10(6)14-5/h3-4,12H,11H2,1-2H3. The van der Waals surface area contributed by atoms with Gasteiger partial charge in [-0.1, -0.05) is 0 Å². The Bertz CT molecular complexity index is 488. The van der Waals surface area contributed by atoms with Crippen molar-refractivity contribution in [3.63, 3.8) is 0 Å². The lowest BCUT2D eigenvalue weighted by Gasteiger charge is -2.04. The second-order valence-corrected chi connectivity index (χ2v) is 3.11. The lowest BCUT2D eigenvalue weighted by Crippen LogP contribution is -1.89. The predicted octanol–water partition coefficient (Wildman–Crippen LogP) is 2.04. The fourth-order valence-electron chi connectivity index (χ4n) is 1.45. The largest absolute Gasteiger partial charge is 0.506 e. The van der Waals surface area contributed by atoms with Gasteiger partial charge in [0.25, 0.3) is 0 Å². The maximum Gasteiger partial charge on any atom is 0.178 e. The molecule has 0 fully saturated rings. The van der Waals surface area contributed by atoms with E-state index in [4.69, 9.17) is 14.9 Å². The summed E-state index contributed by atoms with van der Waals surface area (Å²) in [5, 5.41) is 10.2. The number of nitrogen functional groups attached to an aromatic ring is 1. The molecular weight excluding hydrogens is 182 g/mol. The van der Waals surface area contributed by atoms with Crippen molar-refractivity contribution < 1.29 is 14.3 Å². The summed E-state index contributed by atoms with van der Waals surface area (Å²) in [7, 11) is 1.52. The van der Waals surface area contributed by atoms with Crippen LogP contribution in [0.25, 0.3) is 11.0 Å². The fraction of sp³-hybridized carbons (Fsp3) is 0.200. The number of fused-ring (bicyclic) bond motifs is 1. The number of furan rings is 1. The zero-order valence-corrected chi connectivity index (χ0v) is 8.00. The number of hydrogen-bond acceptors (Lipinski definition) is 4. The van der Waals surface area contributed by atoms with Crippen LogP contribution in [-0.4, -0.2) is 12.2 Å². The molecule has 3 N–H and O–H groups in total. The summed E-state index contributed by atoms with van der Waals surface area (Å²) in [5.74, 6) is 1.23. The molecule has 0 spiro atoms. The highest BCUT2D eigenvalue weighted by Crippen LogP contribution is 2.38. The molecule has 2 aromatic rings. The molecule has 0 aliphatic carbocycles. The van der Waals surface area contributed by atoms with E-state index in [0.29, 0.717) is 22.4 Å². The minimum Gasteiger partial charge on any atom is -0.506 e. The van der Waals surface area contributed by atoms with Crippen LogP contribution in [0.5, 0.6) is 11.5 Å². The lowest BCUT2D eigenvalue weighted by atomic mass is 10.2. The highest BCUT2D eigenvalue weighted by atomic mass is 16.5. The summed E-state index contributed by atoms with van der Waals surface area (Å²) in [4.78, 5) is 0. The molecule has 1 heterocycles. The molecule has 0 amide bonds. The van der Waals surface area contributed by atoms with Crippen molar-refractivity contribution in [2.45, 2.75) is 6.92 Å². The van der Waals surface area contributed by atoms with E-state index < -0.39 is 0 Å². The van der Waals surface area contributed by atoms with Crippen LogP contribution in [-0.2, 0) is 0 Å². The van der Waals surface area contributed by atoms with E-state index >= 15 is 0 Å². The third kappa shape index (κ3) is 1.08. The first kappa shape index (κ1) is 8.74. The van der Waals surface area contributed by atoms with Gasteiger partial charge in [-0.15, -0.1) is 0 Å². The second kappa shape index (κ2) is 2.83. The van der Waals surface area contributed by atoms with Gasteiger partial charge >= 0.3 is 0 Å². The number of aryl methyl sites for hydroxylation is 1. The molecule has 0 bridgehead atoms. The summed E-state index contributed by atoms with van der Waals surface area (Å²) in [6, 6.07) is 3.22. The highest BCUT2D eigenvalue weighted by Gasteiger charge is 2.13. The third-order valence-corrected chi connectivity index (χ3v) is 2.13. The topological polar surface area (TPSA) is 68.6 Å². The summed E-state index contributed by atoms with van der Waals surface area (Å²) in [6.45, 7) is 1.82. The molecule has 4 heteroatoms. The average molecular weight is 193 g/mol. The molecule has 0 radical (unpaired) electrons. The Morgan fingerprint density at radius 3 is 2.79 bits per heavy atom. The molecule has 74 valence electrons. The van der Waals surface area contributed by atoms with Gasteiger partial charge in [0.1, 0.15) is 11.5 Å². The number of phenols is 1.